The minimum atomic E-state index is -0.404. The maximum atomic E-state index is 12.2. The van der Waals surface area contributed by atoms with E-state index >= 15 is 0 Å². The van der Waals surface area contributed by atoms with E-state index in [1.165, 1.54) is 0 Å². The molecule has 0 aromatic carbocycles. The molecule has 0 spiro atoms. The van der Waals surface area contributed by atoms with Crippen LogP contribution in [0.5, 0.6) is 0 Å². The molecule has 1 aliphatic heterocycles. The molecule has 4 heteroatoms. The minimum Gasteiger partial charge on any atom is -0.350 e. The van der Waals surface area contributed by atoms with E-state index in [0.717, 1.165) is 36.9 Å². The van der Waals surface area contributed by atoms with E-state index in [-0.39, 0.29) is 5.91 Å². The third-order valence-electron chi connectivity index (χ3n) is 3.70. The van der Waals surface area contributed by atoms with Gasteiger partial charge in [0.15, 0.2) is 0 Å². The average Bonchev–Trinajstić information content (AvgIpc) is 2.38. The van der Waals surface area contributed by atoms with E-state index in [2.05, 4.69) is 15.6 Å². The molecule has 0 aliphatic carbocycles. The number of amides is 1. The van der Waals surface area contributed by atoms with Gasteiger partial charge in [-0.3, -0.25) is 9.78 Å². The molecule has 4 nitrogen and oxygen atoms in total. The van der Waals surface area contributed by atoms with Crippen LogP contribution in [0.4, 0.5) is 0 Å². The summed E-state index contributed by atoms with van der Waals surface area (Å²) in [5, 5.41) is 6.34. The molecule has 1 atom stereocenters. The van der Waals surface area contributed by atoms with Crippen molar-refractivity contribution in [2.45, 2.75) is 45.2 Å². The smallest absolute Gasteiger partial charge is 0.240 e. The zero-order valence-electron chi connectivity index (χ0n) is 11.1. The van der Waals surface area contributed by atoms with E-state index in [1.54, 1.807) is 6.20 Å². The second-order valence-corrected chi connectivity index (χ2v) is 5.20. The molecule has 98 valence electrons. The van der Waals surface area contributed by atoms with Crippen LogP contribution in [-0.2, 0) is 11.3 Å². The summed E-state index contributed by atoms with van der Waals surface area (Å²) < 4.78 is 0. The predicted molar refractivity (Wildman–Crippen MR) is 71.1 cm³/mol. The number of nitrogens with one attached hydrogen (secondary N) is 2. The maximum Gasteiger partial charge on any atom is 0.240 e. The van der Waals surface area contributed by atoms with E-state index in [9.17, 15) is 4.79 Å². The molecule has 1 fully saturated rings. The molecule has 0 radical (unpaired) electrons. The standard InChI is InChI=1S/C14H21N3O/c1-11-9-15-8-5-12(11)10-16-13(18)14(2)6-3-4-7-17-14/h5,8-9,17H,3-4,6-7,10H2,1-2H3,(H,16,18). The number of rotatable bonds is 3. The molecule has 1 unspecified atom stereocenters. The fourth-order valence-corrected chi connectivity index (χ4v) is 2.32. The molecular weight excluding hydrogens is 226 g/mol. The molecule has 2 heterocycles. The normalized spacial score (nSPS) is 23.7. The van der Waals surface area contributed by atoms with Crippen molar-refractivity contribution in [3.8, 4) is 0 Å². The van der Waals surface area contributed by atoms with Crippen LogP contribution in [0.2, 0.25) is 0 Å². The zero-order valence-corrected chi connectivity index (χ0v) is 11.1. The Balaban J connectivity index is 1.94. The fourth-order valence-electron chi connectivity index (χ4n) is 2.32. The Morgan fingerprint density at radius 3 is 3.06 bits per heavy atom. The van der Waals surface area contributed by atoms with Crippen LogP contribution in [0.3, 0.4) is 0 Å². The number of carbonyl (C=O) groups excluding carboxylic acids is 1. The highest BCUT2D eigenvalue weighted by molar-refractivity contribution is 5.85. The lowest BCUT2D eigenvalue weighted by molar-refractivity contribution is -0.128. The van der Waals surface area contributed by atoms with Gasteiger partial charge in [-0.25, -0.2) is 0 Å². The van der Waals surface area contributed by atoms with Crippen molar-refractivity contribution in [1.29, 1.82) is 0 Å². The third kappa shape index (κ3) is 2.88. The molecule has 18 heavy (non-hydrogen) atoms. The summed E-state index contributed by atoms with van der Waals surface area (Å²) in [6.07, 6.45) is 6.77. The third-order valence-corrected chi connectivity index (χ3v) is 3.70. The van der Waals surface area contributed by atoms with Crippen LogP contribution in [0, 0.1) is 6.92 Å². The van der Waals surface area contributed by atoms with E-state index in [0.29, 0.717) is 6.54 Å². The summed E-state index contributed by atoms with van der Waals surface area (Å²) in [6.45, 7) is 5.50. The molecule has 0 bridgehead atoms. The fraction of sp³-hybridized carbons (Fsp3) is 0.571. The van der Waals surface area contributed by atoms with Crippen molar-refractivity contribution < 1.29 is 4.79 Å². The summed E-state index contributed by atoms with van der Waals surface area (Å²) in [5.41, 5.74) is 1.83. The number of pyridine rings is 1. The maximum absolute atomic E-state index is 12.2. The summed E-state index contributed by atoms with van der Waals surface area (Å²) >= 11 is 0. The molecule has 1 saturated heterocycles. The van der Waals surface area contributed by atoms with Gasteiger partial charge in [-0.15, -0.1) is 0 Å². The van der Waals surface area contributed by atoms with Crippen molar-refractivity contribution in [2.24, 2.45) is 0 Å². The molecule has 2 rings (SSSR count). The van der Waals surface area contributed by atoms with Crippen LogP contribution in [0.15, 0.2) is 18.5 Å². The highest BCUT2D eigenvalue weighted by Gasteiger charge is 2.33. The summed E-state index contributed by atoms with van der Waals surface area (Å²) in [6, 6.07) is 1.95. The lowest BCUT2D eigenvalue weighted by Gasteiger charge is -2.33. The second-order valence-electron chi connectivity index (χ2n) is 5.20. The molecule has 1 aromatic rings. The topological polar surface area (TPSA) is 54.0 Å². The first kappa shape index (κ1) is 13.0. The van der Waals surface area contributed by atoms with Crippen molar-refractivity contribution in [2.75, 3.05) is 6.54 Å². The van der Waals surface area contributed by atoms with Gasteiger partial charge < -0.3 is 10.6 Å². The molecular formula is C14H21N3O. The minimum absolute atomic E-state index is 0.0958. The van der Waals surface area contributed by atoms with E-state index in [4.69, 9.17) is 0 Å². The number of aromatic nitrogens is 1. The Labute approximate surface area is 108 Å². The number of aryl methyl sites for hydroxylation is 1. The largest absolute Gasteiger partial charge is 0.350 e. The van der Waals surface area contributed by atoms with Gasteiger partial charge in [-0.1, -0.05) is 0 Å². The number of carbonyl (C=O) groups is 1. The Morgan fingerprint density at radius 2 is 2.39 bits per heavy atom. The van der Waals surface area contributed by atoms with Crippen LogP contribution in [0.25, 0.3) is 0 Å². The van der Waals surface area contributed by atoms with E-state index < -0.39 is 5.54 Å². The van der Waals surface area contributed by atoms with Gasteiger partial charge >= 0.3 is 0 Å². The second kappa shape index (κ2) is 5.48. The Bertz CT molecular complexity index is 425. The first-order valence-electron chi connectivity index (χ1n) is 6.55. The SMILES string of the molecule is Cc1cnccc1CNC(=O)C1(C)CCCCN1. The summed E-state index contributed by atoms with van der Waals surface area (Å²) in [4.78, 5) is 16.3. The number of hydrogen-bond acceptors (Lipinski definition) is 3. The van der Waals surface area contributed by atoms with Gasteiger partial charge in [-0.2, -0.15) is 0 Å². The lowest BCUT2D eigenvalue weighted by atomic mass is 9.90. The monoisotopic (exact) mass is 247 g/mol. The summed E-state index contributed by atoms with van der Waals surface area (Å²) in [7, 11) is 0. The van der Waals surface area contributed by atoms with Gasteiger partial charge in [0.1, 0.15) is 0 Å². The lowest BCUT2D eigenvalue weighted by Crippen LogP contribution is -2.56. The van der Waals surface area contributed by atoms with Crippen molar-refractivity contribution in [3.63, 3.8) is 0 Å². The molecule has 1 amide bonds. The van der Waals surface area contributed by atoms with Crippen LogP contribution in [0.1, 0.15) is 37.3 Å². The highest BCUT2D eigenvalue weighted by Crippen LogP contribution is 2.19. The van der Waals surface area contributed by atoms with Crippen LogP contribution in [-0.4, -0.2) is 23.0 Å². The Hall–Kier alpha value is -1.42. The van der Waals surface area contributed by atoms with E-state index in [1.807, 2.05) is 26.1 Å². The molecule has 2 N–H and O–H groups in total. The van der Waals surface area contributed by atoms with Crippen LogP contribution >= 0.6 is 0 Å². The first-order valence-corrected chi connectivity index (χ1v) is 6.55. The van der Waals surface area contributed by atoms with Gasteiger partial charge in [0.05, 0.1) is 5.54 Å². The predicted octanol–water partition coefficient (Wildman–Crippen LogP) is 1.54. The van der Waals surface area contributed by atoms with Crippen molar-refractivity contribution in [3.05, 3.63) is 29.6 Å². The van der Waals surface area contributed by atoms with Gasteiger partial charge in [0, 0.05) is 18.9 Å². The summed E-state index contributed by atoms with van der Waals surface area (Å²) in [5.74, 6) is 0.0958. The van der Waals surface area contributed by atoms with Crippen LogP contribution < -0.4 is 10.6 Å². The number of nitrogens with zero attached hydrogens (tertiary/aromatic N) is 1. The van der Waals surface area contributed by atoms with Gasteiger partial charge in [0.2, 0.25) is 5.91 Å². The highest BCUT2D eigenvalue weighted by atomic mass is 16.2. The Morgan fingerprint density at radius 1 is 1.56 bits per heavy atom. The first-order chi connectivity index (χ1) is 8.62. The Kier molecular flexibility index (Phi) is 3.97. The van der Waals surface area contributed by atoms with Crippen molar-refractivity contribution >= 4 is 5.91 Å². The number of piperidine rings is 1. The van der Waals surface area contributed by atoms with Crippen molar-refractivity contribution in [1.82, 2.24) is 15.6 Å². The number of hydrogen-bond donors (Lipinski definition) is 2. The molecule has 0 saturated carbocycles. The zero-order chi connectivity index (χ0) is 13.0. The average molecular weight is 247 g/mol. The van der Waals surface area contributed by atoms with Gasteiger partial charge in [0.25, 0.3) is 0 Å². The molecule has 1 aromatic heterocycles. The molecule has 1 aliphatic rings. The van der Waals surface area contributed by atoms with Gasteiger partial charge in [-0.05, 0) is 56.8 Å². The quantitative estimate of drug-likeness (QED) is 0.852.